The van der Waals surface area contributed by atoms with Crippen LogP contribution in [0.5, 0.6) is 0 Å². The van der Waals surface area contributed by atoms with Gasteiger partial charge in [0.1, 0.15) is 5.82 Å². The van der Waals surface area contributed by atoms with Gasteiger partial charge >= 0.3 is 0 Å². The molecule has 0 atom stereocenters. The second kappa shape index (κ2) is 7.11. The average molecular weight is 314 g/mol. The van der Waals surface area contributed by atoms with Crippen LogP contribution in [0.4, 0.5) is 5.82 Å². The lowest BCUT2D eigenvalue weighted by atomic mass is 10.1. The van der Waals surface area contributed by atoms with Crippen LogP contribution in [0.3, 0.4) is 0 Å². The van der Waals surface area contributed by atoms with E-state index < -0.39 is 17.7 Å². The Labute approximate surface area is 131 Å². The molecule has 0 fully saturated rings. The standard InChI is InChI=1S/C14H14N6O3/c15-19-13(22)9-3-1-8(2-4-9)12(21)18-11-6-5-10(7-17-11)14(23)20-16/h1-7H,15-16H2,(H,19,22)(H,20,23)(H,17,18,21). The van der Waals surface area contributed by atoms with Gasteiger partial charge in [-0.25, -0.2) is 16.7 Å². The summed E-state index contributed by atoms with van der Waals surface area (Å²) in [5, 5.41) is 2.57. The minimum Gasteiger partial charge on any atom is -0.307 e. The maximum atomic E-state index is 12.1. The molecular weight excluding hydrogens is 300 g/mol. The number of hydrazine groups is 2. The average Bonchev–Trinajstić information content (AvgIpc) is 2.61. The fourth-order valence-electron chi connectivity index (χ4n) is 1.73. The first kappa shape index (κ1) is 16.1. The number of nitrogens with zero attached hydrogens (tertiary/aromatic N) is 1. The van der Waals surface area contributed by atoms with E-state index in [4.69, 9.17) is 11.7 Å². The van der Waals surface area contributed by atoms with Gasteiger partial charge in [-0.05, 0) is 36.4 Å². The molecule has 0 bridgehead atoms. The Kier molecular flexibility index (Phi) is 4.97. The summed E-state index contributed by atoms with van der Waals surface area (Å²) in [6, 6.07) is 8.85. The quantitative estimate of drug-likeness (QED) is 0.292. The first-order valence-corrected chi connectivity index (χ1v) is 6.44. The molecule has 1 heterocycles. The Balaban J connectivity index is 2.06. The third-order valence-electron chi connectivity index (χ3n) is 2.94. The van der Waals surface area contributed by atoms with Crippen molar-refractivity contribution >= 4 is 23.5 Å². The lowest BCUT2D eigenvalue weighted by Gasteiger charge is -2.06. The van der Waals surface area contributed by atoms with Gasteiger partial charge in [0.05, 0.1) is 5.56 Å². The van der Waals surface area contributed by atoms with Crippen molar-refractivity contribution in [1.29, 1.82) is 0 Å². The molecule has 1 aromatic heterocycles. The van der Waals surface area contributed by atoms with Gasteiger partial charge in [0, 0.05) is 17.3 Å². The second-order valence-corrected chi connectivity index (χ2v) is 4.41. The number of hydrogen-bond donors (Lipinski definition) is 5. The lowest BCUT2D eigenvalue weighted by molar-refractivity contribution is 0.0945. The van der Waals surface area contributed by atoms with E-state index in [-0.39, 0.29) is 11.4 Å². The van der Waals surface area contributed by atoms with Gasteiger partial charge in [0.2, 0.25) is 0 Å². The molecule has 0 spiro atoms. The third kappa shape index (κ3) is 3.87. The predicted octanol–water partition coefficient (Wildman–Crippen LogP) is -0.459. The molecule has 9 heteroatoms. The van der Waals surface area contributed by atoms with E-state index in [0.717, 1.165) is 0 Å². The molecule has 0 radical (unpaired) electrons. The van der Waals surface area contributed by atoms with Crippen molar-refractivity contribution in [1.82, 2.24) is 15.8 Å². The zero-order chi connectivity index (χ0) is 16.8. The van der Waals surface area contributed by atoms with Crippen molar-refractivity contribution in [2.24, 2.45) is 11.7 Å². The molecule has 0 aliphatic carbocycles. The van der Waals surface area contributed by atoms with Gasteiger partial charge in [-0.3, -0.25) is 25.2 Å². The van der Waals surface area contributed by atoms with E-state index in [9.17, 15) is 14.4 Å². The fourth-order valence-corrected chi connectivity index (χ4v) is 1.73. The number of carbonyl (C=O) groups is 3. The fraction of sp³-hybridized carbons (Fsp3) is 0. The number of nitrogen functional groups attached to an aromatic ring is 2. The smallest absolute Gasteiger partial charge is 0.266 e. The number of hydrogen-bond acceptors (Lipinski definition) is 6. The molecule has 7 N–H and O–H groups in total. The van der Waals surface area contributed by atoms with Crippen LogP contribution in [0.25, 0.3) is 0 Å². The number of carbonyl (C=O) groups excluding carboxylic acids is 3. The highest BCUT2D eigenvalue weighted by Gasteiger charge is 2.10. The molecule has 0 saturated carbocycles. The van der Waals surface area contributed by atoms with Gasteiger partial charge in [0.15, 0.2) is 0 Å². The summed E-state index contributed by atoms with van der Waals surface area (Å²) in [6.45, 7) is 0. The topological polar surface area (TPSA) is 152 Å². The highest BCUT2D eigenvalue weighted by Crippen LogP contribution is 2.09. The highest BCUT2D eigenvalue weighted by atomic mass is 16.2. The number of nitrogens with two attached hydrogens (primary N) is 2. The number of anilines is 1. The summed E-state index contributed by atoms with van der Waals surface area (Å²) in [6.07, 6.45) is 1.28. The molecule has 0 unspecified atom stereocenters. The van der Waals surface area contributed by atoms with Crippen LogP contribution in [-0.4, -0.2) is 22.7 Å². The van der Waals surface area contributed by atoms with Crippen LogP contribution in [0, 0.1) is 0 Å². The van der Waals surface area contributed by atoms with E-state index in [2.05, 4.69) is 10.3 Å². The van der Waals surface area contributed by atoms with E-state index in [1.165, 1.54) is 42.6 Å². The molecule has 0 saturated heterocycles. The largest absolute Gasteiger partial charge is 0.307 e. The predicted molar refractivity (Wildman–Crippen MR) is 81.9 cm³/mol. The first-order valence-electron chi connectivity index (χ1n) is 6.44. The molecule has 23 heavy (non-hydrogen) atoms. The molecule has 1 aromatic carbocycles. The molecule has 0 aliphatic heterocycles. The maximum absolute atomic E-state index is 12.1. The van der Waals surface area contributed by atoms with E-state index >= 15 is 0 Å². The SMILES string of the molecule is NNC(=O)c1ccc(C(=O)Nc2ccc(C(=O)NN)cn2)cc1. The monoisotopic (exact) mass is 314 g/mol. The summed E-state index contributed by atoms with van der Waals surface area (Å²) < 4.78 is 0. The second-order valence-electron chi connectivity index (χ2n) is 4.41. The molecule has 118 valence electrons. The highest BCUT2D eigenvalue weighted by molar-refractivity contribution is 6.04. The third-order valence-corrected chi connectivity index (χ3v) is 2.94. The van der Waals surface area contributed by atoms with Crippen molar-refractivity contribution in [2.75, 3.05) is 5.32 Å². The van der Waals surface area contributed by atoms with Crippen molar-refractivity contribution in [3.63, 3.8) is 0 Å². The summed E-state index contributed by atoms with van der Waals surface area (Å²) in [4.78, 5) is 38.6. The Morgan fingerprint density at radius 3 is 1.70 bits per heavy atom. The Morgan fingerprint density at radius 2 is 1.22 bits per heavy atom. The van der Waals surface area contributed by atoms with Crippen LogP contribution in [0.15, 0.2) is 42.6 Å². The summed E-state index contributed by atoms with van der Waals surface area (Å²) in [5.74, 6) is 8.96. The number of benzene rings is 1. The van der Waals surface area contributed by atoms with Crippen molar-refractivity contribution in [3.05, 3.63) is 59.3 Å². The molecule has 0 aliphatic rings. The zero-order valence-electron chi connectivity index (χ0n) is 11.9. The number of pyridine rings is 1. The molecular formula is C14H14N6O3. The van der Waals surface area contributed by atoms with Gasteiger partial charge in [-0.15, -0.1) is 0 Å². The van der Waals surface area contributed by atoms with E-state index in [1.807, 2.05) is 10.9 Å². The van der Waals surface area contributed by atoms with Crippen LogP contribution in [0.2, 0.25) is 0 Å². The van der Waals surface area contributed by atoms with Crippen molar-refractivity contribution in [3.8, 4) is 0 Å². The maximum Gasteiger partial charge on any atom is 0.266 e. The van der Waals surface area contributed by atoms with Crippen LogP contribution in [0.1, 0.15) is 31.1 Å². The van der Waals surface area contributed by atoms with Crippen LogP contribution in [-0.2, 0) is 0 Å². The zero-order valence-corrected chi connectivity index (χ0v) is 11.9. The first-order chi connectivity index (χ1) is 11.0. The van der Waals surface area contributed by atoms with Gasteiger partial charge in [0.25, 0.3) is 17.7 Å². The Bertz CT molecular complexity index is 727. The summed E-state index contributed by atoms with van der Waals surface area (Å²) >= 11 is 0. The summed E-state index contributed by atoms with van der Waals surface area (Å²) in [7, 11) is 0. The molecule has 9 nitrogen and oxygen atoms in total. The molecule has 2 rings (SSSR count). The normalized spacial score (nSPS) is 9.83. The number of rotatable bonds is 4. The Hall–Kier alpha value is -3.30. The molecule has 2 aromatic rings. The number of aromatic nitrogens is 1. The molecule has 3 amide bonds. The van der Waals surface area contributed by atoms with Crippen molar-refractivity contribution < 1.29 is 14.4 Å². The lowest BCUT2D eigenvalue weighted by Crippen LogP contribution is -2.30. The summed E-state index contributed by atoms with van der Waals surface area (Å²) in [5.41, 5.74) is 4.91. The van der Waals surface area contributed by atoms with Gasteiger partial charge in [-0.2, -0.15) is 0 Å². The number of amides is 3. The van der Waals surface area contributed by atoms with Crippen molar-refractivity contribution in [2.45, 2.75) is 0 Å². The minimum atomic E-state index is -0.482. The van der Waals surface area contributed by atoms with Crippen LogP contribution >= 0.6 is 0 Å². The Morgan fingerprint density at radius 1 is 0.739 bits per heavy atom. The minimum absolute atomic E-state index is 0.266. The van der Waals surface area contributed by atoms with E-state index in [1.54, 1.807) is 0 Å². The van der Waals surface area contributed by atoms with Crippen LogP contribution < -0.4 is 27.9 Å². The van der Waals surface area contributed by atoms with Gasteiger partial charge in [-0.1, -0.05) is 0 Å². The number of nitrogens with one attached hydrogen (secondary N) is 3. The van der Waals surface area contributed by atoms with E-state index in [0.29, 0.717) is 11.1 Å². The van der Waals surface area contributed by atoms with Gasteiger partial charge < -0.3 is 5.32 Å².